The largest absolute Gasteiger partial charge is 0.469 e. The lowest BCUT2D eigenvalue weighted by Crippen LogP contribution is -2.18. The molecule has 1 amide bonds. The molecule has 0 fully saturated rings. The third-order valence-electron chi connectivity index (χ3n) is 4.48. The molecule has 1 unspecified atom stereocenters. The van der Waals surface area contributed by atoms with Crippen LogP contribution in [0.1, 0.15) is 43.5 Å². The lowest BCUT2D eigenvalue weighted by atomic mass is 9.99. The first kappa shape index (κ1) is 19.5. The van der Waals surface area contributed by atoms with Gasteiger partial charge in [-0.2, -0.15) is 0 Å². The van der Waals surface area contributed by atoms with Crippen LogP contribution in [0.5, 0.6) is 0 Å². The molecule has 1 aliphatic rings. The summed E-state index contributed by atoms with van der Waals surface area (Å²) in [6.45, 7) is 0. The minimum atomic E-state index is -0.730. The van der Waals surface area contributed by atoms with E-state index in [9.17, 15) is 24.5 Å². The number of hydrogen-bond acceptors (Lipinski definition) is 8. The molecule has 10 heteroatoms. The minimum Gasteiger partial charge on any atom is -0.469 e. The molecule has 1 aromatic carbocycles. The number of nitro benzene ring substituents is 1. The maximum absolute atomic E-state index is 12.6. The fourth-order valence-corrected chi connectivity index (χ4v) is 4.49. The van der Waals surface area contributed by atoms with Crippen LogP contribution in [0.4, 0.5) is 10.7 Å². The second-order valence-corrected chi connectivity index (χ2v) is 7.08. The van der Waals surface area contributed by atoms with Gasteiger partial charge >= 0.3 is 11.9 Å². The van der Waals surface area contributed by atoms with Crippen molar-refractivity contribution in [2.75, 3.05) is 19.5 Å². The van der Waals surface area contributed by atoms with Crippen molar-refractivity contribution >= 4 is 39.9 Å². The summed E-state index contributed by atoms with van der Waals surface area (Å²) in [5.74, 6) is -2.53. The molecule has 3 rings (SSSR count). The average molecular weight is 404 g/mol. The van der Waals surface area contributed by atoms with Crippen LogP contribution in [0.3, 0.4) is 0 Å². The molecule has 146 valence electrons. The Hall–Kier alpha value is -3.27. The molecule has 0 aliphatic heterocycles. The van der Waals surface area contributed by atoms with E-state index < -0.39 is 28.7 Å². The zero-order chi connectivity index (χ0) is 20.4. The van der Waals surface area contributed by atoms with E-state index >= 15 is 0 Å². The van der Waals surface area contributed by atoms with Gasteiger partial charge in [0.1, 0.15) is 10.6 Å². The smallest absolute Gasteiger partial charge is 0.341 e. The van der Waals surface area contributed by atoms with Gasteiger partial charge in [-0.3, -0.25) is 19.7 Å². The van der Waals surface area contributed by atoms with Crippen LogP contribution in [0.25, 0.3) is 0 Å². The fraction of sp³-hybridized carbons (Fsp3) is 0.278. The molecular weight excluding hydrogens is 388 g/mol. The molecule has 1 N–H and O–H groups in total. The number of amides is 1. The van der Waals surface area contributed by atoms with E-state index in [2.05, 4.69) is 5.32 Å². The molecule has 0 saturated heterocycles. The van der Waals surface area contributed by atoms with Crippen molar-refractivity contribution in [3.8, 4) is 0 Å². The molecule has 1 atom stereocenters. The van der Waals surface area contributed by atoms with Crippen molar-refractivity contribution in [3.05, 3.63) is 55.9 Å². The zero-order valence-electron chi connectivity index (χ0n) is 15.0. The van der Waals surface area contributed by atoms with E-state index in [4.69, 9.17) is 9.47 Å². The first-order valence-corrected chi connectivity index (χ1v) is 9.07. The standard InChI is InChI=1S/C18H16N2O7S/c1-26-17(22)10-7-8-12-13(10)14(18(23)27-2)16(28-12)19-15(21)9-5-3-4-6-11(9)20(24)25/h3-6,10H,7-8H2,1-2H3,(H,19,21). The predicted octanol–water partition coefficient (Wildman–Crippen LogP) is 2.90. The summed E-state index contributed by atoms with van der Waals surface area (Å²) < 4.78 is 9.64. The number of thiophene rings is 1. The number of ether oxygens (including phenoxy) is 2. The highest BCUT2D eigenvalue weighted by Crippen LogP contribution is 2.46. The minimum absolute atomic E-state index is 0.0855. The van der Waals surface area contributed by atoms with E-state index in [1.165, 1.54) is 38.5 Å². The van der Waals surface area contributed by atoms with E-state index in [0.29, 0.717) is 18.4 Å². The van der Waals surface area contributed by atoms with Gasteiger partial charge in [-0.05, 0) is 24.5 Å². The highest BCUT2D eigenvalue weighted by molar-refractivity contribution is 7.17. The number of anilines is 1. The van der Waals surface area contributed by atoms with Crippen molar-refractivity contribution in [1.29, 1.82) is 0 Å². The van der Waals surface area contributed by atoms with Crippen LogP contribution in [0.2, 0.25) is 0 Å². The Labute approximate surface area is 163 Å². The van der Waals surface area contributed by atoms with Gasteiger partial charge in [0, 0.05) is 10.9 Å². The third-order valence-corrected chi connectivity index (χ3v) is 5.66. The molecule has 9 nitrogen and oxygen atoms in total. The summed E-state index contributed by atoms with van der Waals surface area (Å²) in [7, 11) is 2.46. The summed E-state index contributed by atoms with van der Waals surface area (Å²) in [5.41, 5.74) is 0.0847. The van der Waals surface area contributed by atoms with Crippen molar-refractivity contribution in [2.45, 2.75) is 18.8 Å². The fourth-order valence-electron chi connectivity index (χ4n) is 3.23. The number of hydrogen-bond donors (Lipinski definition) is 1. The van der Waals surface area contributed by atoms with Crippen molar-refractivity contribution < 1.29 is 28.8 Å². The SMILES string of the molecule is COC(=O)c1c(NC(=O)c2ccccc2[N+](=O)[O-])sc2c1C(C(=O)OC)CC2. The normalized spacial score (nSPS) is 14.9. The van der Waals surface area contributed by atoms with E-state index in [1.54, 1.807) is 0 Å². The topological polar surface area (TPSA) is 125 Å². The molecule has 0 bridgehead atoms. The summed E-state index contributed by atoms with van der Waals surface area (Å²) in [6, 6.07) is 5.50. The number of esters is 2. The maximum Gasteiger partial charge on any atom is 0.341 e. The molecule has 1 heterocycles. The number of fused-ring (bicyclic) bond motifs is 1. The second kappa shape index (κ2) is 7.77. The lowest BCUT2D eigenvalue weighted by molar-refractivity contribution is -0.385. The first-order chi connectivity index (χ1) is 13.4. The number of aryl methyl sites for hydroxylation is 1. The van der Waals surface area contributed by atoms with E-state index in [1.807, 2.05) is 0 Å². The summed E-state index contributed by atoms with van der Waals surface area (Å²) in [4.78, 5) is 48.4. The second-order valence-electron chi connectivity index (χ2n) is 5.98. The van der Waals surface area contributed by atoms with Gasteiger partial charge in [0.15, 0.2) is 0 Å². The molecule has 0 radical (unpaired) electrons. The Morgan fingerprint density at radius 3 is 2.57 bits per heavy atom. The highest BCUT2D eigenvalue weighted by Gasteiger charge is 2.38. The molecule has 2 aromatic rings. The number of carbonyl (C=O) groups is 3. The quantitative estimate of drug-likeness (QED) is 0.461. The number of rotatable bonds is 5. The number of nitro groups is 1. The highest BCUT2D eigenvalue weighted by atomic mass is 32.1. The zero-order valence-corrected chi connectivity index (χ0v) is 15.8. The van der Waals surface area contributed by atoms with Gasteiger partial charge in [0.25, 0.3) is 11.6 Å². The van der Waals surface area contributed by atoms with Crippen LogP contribution in [0.15, 0.2) is 24.3 Å². The van der Waals surface area contributed by atoms with Crippen LogP contribution < -0.4 is 5.32 Å². The average Bonchev–Trinajstić information content (AvgIpc) is 3.25. The van der Waals surface area contributed by atoms with Crippen LogP contribution in [0, 0.1) is 10.1 Å². The molecule has 1 aliphatic carbocycles. The number of carbonyl (C=O) groups excluding carboxylic acids is 3. The van der Waals surface area contributed by atoms with Gasteiger partial charge in [-0.15, -0.1) is 11.3 Å². The monoisotopic (exact) mass is 404 g/mol. The van der Waals surface area contributed by atoms with Gasteiger partial charge in [-0.25, -0.2) is 4.79 Å². The van der Waals surface area contributed by atoms with Crippen molar-refractivity contribution in [3.63, 3.8) is 0 Å². The number of benzene rings is 1. The van der Waals surface area contributed by atoms with Crippen LogP contribution >= 0.6 is 11.3 Å². The number of para-hydroxylation sites is 1. The predicted molar refractivity (Wildman–Crippen MR) is 99.8 cm³/mol. The Bertz CT molecular complexity index is 982. The van der Waals surface area contributed by atoms with Gasteiger partial charge in [0.2, 0.25) is 0 Å². The Kier molecular flexibility index (Phi) is 5.41. The molecule has 28 heavy (non-hydrogen) atoms. The first-order valence-electron chi connectivity index (χ1n) is 8.25. The number of methoxy groups -OCH3 is 2. The summed E-state index contributed by atoms with van der Waals surface area (Å²) >= 11 is 1.15. The lowest BCUT2D eigenvalue weighted by Gasteiger charge is -2.11. The van der Waals surface area contributed by atoms with Gasteiger partial charge < -0.3 is 14.8 Å². The number of nitrogens with one attached hydrogen (secondary N) is 1. The Balaban J connectivity index is 2.02. The van der Waals surface area contributed by atoms with E-state index in [0.717, 1.165) is 16.2 Å². The molecule has 0 spiro atoms. The Morgan fingerprint density at radius 2 is 1.93 bits per heavy atom. The van der Waals surface area contributed by atoms with Crippen LogP contribution in [-0.2, 0) is 20.7 Å². The molecule has 1 aromatic heterocycles. The van der Waals surface area contributed by atoms with E-state index in [-0.39, 0.29) is 21.8 Å². The third kappa shape index (κ3) is 3.33. The Morgan fingerprint density at radius 1 is 1.21 bits per heavy atom. The summed E-state index contributed by atoms with van der Waals surface area (Å²) in [5, 5.41) is 13.9. The van der Waals surface area contributed by atoms with Gasteiger partial charge in [-0.1, -0.05) is 12.1 Å². The van der Waals surface area contributed by atoms with Crippen molar-refractivity contribution in [2.24, 2.45) is 0 Å². The van der Waals surface area contributed by atoms with Crippen molar-refractivity contribution in [1.82, 2.24) is 0 Å². The summed E-state index contributed by atoms with van der Waals surface area (Å²) in [6.07, 6.45) is 1.04. The maximum atomic E-state index is 12.6. The van der Waals surface area contributed by atoms with Gasteiger partial charge in [0.05, 0.1) is 30.6 Å². The number of nitrogens with zero attached hydrogens (tertiary/aromatic N) is 1. The van der Waals surface area contributed by atoms with Crippen LogP contribution in [-0.4, -0.2) is 37.0 Å². The molecular formula is C18H16N2O7S. The molecule has 0 saturated carbocycles.